The number of methoxy groups -OCH3 is 1. The fourth-order valence-electron chi connectivity index (χ4n) is 4.02. The topological polar surface area (TPSA) is 18.5 Å². The predicted octanol–water partition coefficient (Wildman–Crippen LogP) is 4.78. The minimum atomic E-state index is -0.544. The molecule has 2 heteroatoms. The van der Waals surface area contributed by atoms with Crippen molar-refractivity contribution in [1.82, 2.24) is 0 Å². The second-order valence-corrected chi connectivity index (χ2v) is 6.68. The minimum absolute atomic E-state index is 0.0240. The molecule has 2 nitrogen and oxygen atoms in total. The molecule has 24 heavy (non-hydrogen) atoms. The van der Waals surface area contributed by atoms with Gasteiger partial charge in [0.1, 0.15) is 17.5 Å². The van der Waals surface area contributed by atoms with E-state index in [0.717, 1.165) is 16.9 Å². The fourth-order valence-corrected chi connectivity index (χ4v) is 4.02. The smallest absolute Gasteiger partial charge is 0.131 e. The highest BCUT2D eigenvalue weighted by atomic mass is 16.5. The third kappa shape index (κ3) is 2.14. The Bertz CT molecular complexity index is 819. The molecule has 0 amide bonds. The van der Waals surface area contributed by atoms with Crippen LogP contribution in [-0.4, -0.2) is 13.2 Å². The zero-order chi connectivity index (χ0) is 16.7. The van der Waals surface area contributed by atoms with Gasteiger partial charge in [0.2, 0.25) is 0 Å². The molecule has 0 radical (unpaired) electrons. The number of fused-ring (bicyclic) bond motifs is 2. The summed E-state index contributed by atoms with van der Waals surface area (Å²) in [5, 5.41) is 0. The van der Waals surface area contributed by atoms with Crippen LogP contribution >= 0.6 is 0 Å². The predicted molar refractivity (Wildman–Crippen MR) is 96.2 cm³/mol. The second-order valence-electron chi connectivity index (χ2n) is 6.68. The van der Waals surface area contributed by atoms with Crippen molar-refractivity contribution < 1.29 is 9.47 Å². The lowest BCUT2D eigenvalue weighted by Crippen LogP contribution is -2.49. The van der Waals surface area contributed by atoms with Crippen molar-refractivity contribution in [2.45, 2.75) is 25.6 Å². The molecule has 1 heterocycles. The van der Waals surface area contributed by atoms with Gasteiger partial charge in [-0.1, -0.05) is 59.7 Å². The molecule has 0 aromatic heterocycles. The van der Waals surface area contributed by atoms with E-state index in [9.17, 15) is 0 Å². The van der Waals surface area contributed by atoms with E-state index in [2.05, 4.69) is 74.5 Å². The summed E-state index contributed by atoms with van der Waals surface area (Å²) in [7, 11) is 1.81. The molecule has 0 fully saturated rings. The normalized spacial score (nSPS) is 27.7. The fraction of sp³-hybridized carbons (Fsp3) is 0.273. The number of hydrogen-bond acceptors (Lipinski definition) is 2. The standard InChI is InChI=1S/C22H22O2/c1-15-9-11-20-18(13-15)22(23-3,17-7-5-4-6-8-17)19-14-16(2)10-12-21(19)24-20/h4-14,18,20H,1-3H3. The van der Waals surface area contributed by atoms with Gasteiger partial charge in [-0.15, -0.1) is 0 Å². The molecule has 0 N–H and O–H groups in total. The van der Waals surface area contributed by atoms with Crippen molar-refractivity contribution in [2.75, 3.05) is 7.11 Å². The summed E-state index contributed by atoms with van der Waals surface area (Å²) in [6.07, 6.45) is 6.54. The second kappa shape index (κ2) is 5.64. The first-order valence-electron chi connectivity index (χ1n) is 8.40. The highest BCUT2D eigenvalue weighted by molar-refractivity contribution is 5.52. The van der Waals surface area contributed by atoms with Crippen LogP contribution in [0.3, 0.4) is 0 Å². The maximum Gasteiger partial charge on any atom is 0.131 e. The lowest BCUT2D eigenvalue weighted by molar-refractivity contribution is -0.0598. The van der Waals surface area contributed by atoms with Crippen molar-refractivity contribution in [3.05, 3.63) is 89.0 Å². The van der Waals surface area contributed by atoms with E-state index in [0.29, 0.717) is 0 Å². The van der Waals surface area contributed by atoms with Gasteiger partial charge in [-0.3, -0.25) is 0 Å². The molecule has 2 aliphatic rings. The van der Waals surface area contributed by atoms with E-state index in [1.165, 1.54) is 11.1 Å². The number of benzene rings is 2. The van der Waals surface area contributed by atoms with Crippen LogP contribution in [0.25, 0.3) is 0 Å². The van der Waals surface area contributed by atoms with Crippen molar-refractivity contribution in [3.63, 3.8) is 0 Å². The zero-order valence-electron chi connectivity index (χ0n) is 14.3. The highest BCUT2D eigenvalue weighted by Crippen LogP contribution is 2.51. The summed E-state index contributed by atoms with van der Waals surface area (Å²) in [6.45, 7) is 4.24. The van der Waals surface area contributed by atoms with Gasteiger partial charge in [0.25, 0.3) is 0 Å². The minimum Gasteiger partial charge on any atom is -0.485 e. The molecule has 1 aliphatic heterocycles. The summed E-state index contributed by atoms with van der Waals surface area (Å²) < 4.78 is 12.6. The molecule has 0 saturated heterocycles. The van der Waals surface area contributed by atoms with Crippen LogP contribution in [0, 0.1) is 12.8 Å². The van der Waals surface area contributed by atoms with Gasteiger partial charge in [-0.05, 0) is 37.6 Å². The Morgan fingerprint density at radius 2 is 1.83 bits per heavy atom. The van der Waals surface area contributed by atoms with Crippen molar-refractivity contribution in [2.24, 2.45) is 5.92 Å². The number of aryl methyl sites for hydroxylation is 1. The van der Waals surface area contributed by atoms with Gasteiger partial charge in [0.15, 0.2) is 0 Å². The molecule has 122 valence electrons. The highest BCUT2D eigenvalue weighted by Gasteiger charge is 2.51. The van der Waals surface area contributed by atoms with Gasteiger partial charge < -0.3 is 9.47 Å². The molecule has 0 saturated carbocycles. The SMILES string of the molecule is COC1(c2ccccc2)c2cc(C)ccc2OC2C=CC(C)=CC21. The average molecular weight is 318 g/mol. The Kier molecular flexibility index (Phi) is 3.58. The van der Waals surface area contributed by atoms with Crippen LogP contribution in [0.15, 0.2) is 72.3 Å². The Morgan fingerprint density at radius 1 is 1.04 bits per heavy atom. The summed E-state index contributed by atoms with van der Waals surface area (Å²) in [4.78, 5) is 0. The van der Waals surface area contributed by atoms with E-state index in [4.69, 9.17) is 9.47 Å². The average Bonchev–Trinajstić information content (AvgIpc) is 2.61. The molecule has 0 bridgehead atoms. The van der Waals surface area contributed by atoms with E-state index >= 15 is 0 Å². The molecular formula is C22H22O2. The molecule has 3 unspecified atom stereocenters. The van der Waals surface area contributed by atoms with Crippen LogP contribution in [0.1, 0.15) is 23.6 Å². The van der Waals surface area contributed by atoms with Crippen molar-refractivity contribution in [3.8, 4) is 5.75 Å². The van der Waals surface area contributed by atoms with Gasteiger partial charge in [-0.2, -0.15) is 0 Å². The maximum atomic E-state index is 6.31. The van der Waals surface area contributed by atoms with Crippen LogP contribution in [-0.2, 0) is 10.3 Å². The van der Waals surface area contributed by atoms with Gasteiger partial charge in [-0.25, -0.2) is 0 Å². The molecule has 2 aromatic rings. The summed E-state index contributed by atoms with van der Waals surface area (Å²) in [6, 6.07) is 16.9. The van der Waals surface area contributed by atoms with Gasteiger partial charge >= 0.3 is 0 Å². The van der Waals surface area contributed by atoms with Gasteiger partial charge in [0.05, 0.1) is 5.92 Å². The number of allylic oxidation sites excluding steroid dienone is 2. The monoisotopic (exact) mass is 318 g/mol. The Hall–Kier alpha value is -2.32. The van der Waals surface area contributed by atoms with Crippen LogP contribution in [0.2, 0.25) is 0 Å². The Labute approximate surface area is 143 Å². The summed E-state index contributed by atoms with van der Waals surface area (Å²) in [5.41, 5.74) is 4.18. The van der Waals surface area contributed by atoms with E-state index in [1.54, 1.807) is 0 Å². The largest absolute Gasteiger partial charge is 0.485 e. The molecule has 4 rings (SSSR count). The number of rotatable bonds is 2. The quantitative estimate of drug-likeness (QED) is 0.793. The zero-order valence-corrected chi connectivity index (χ0v) is 14.3. The first-order valence-corrected chi connectivity index (χ1v) is 8.40. The van der Waals surface area contributed by atoms with E-state index in [1.807, 2.05) is 13.2 Å². The molecule has 3 atom stereocenters. The summed E-state index contributed by atoms with van der Waals surface area (Å²) >= 11 is 0. The van der Waals surface area contributed by atoms with Crippen LogP contribution in [0.5, 0.6) is 5.75 Å². The molecule has 1 aliphatic carbocycles. The first kappa shape index (κ1) is 15.2. The molecule has 2 aromatic carbocycles. The third-order valence-electron chi connectivity index (χ3n) is 5.14. The summed E-state index contributed by atoms with van der Waals surface area (Å²) in [5.74, 6) is 1.01. The van der Waals surface area contributed by atoms with E-state index in [-0.39, 0.29) is 12.0 Å². The Morgan fingerprint density at radius 3 is 2.58 bits per heavy atom. The Balaban J connectivity index is 2.03. The first-order chi connectivity index (χ1) is 11.6. The van der Waals surface area contributed by atoms with E-state index < -0.39 is 5.60 Å². The number of ether oxygens (including phenoxy) is 2. The van der Waals surface area contributed by atoms with Gasteiger partial charge in [0, 0.05) is 12.7 Å². The van der Waals surface area contributed by atoms with Crippen LogP contribution < -0.4 is 4.74 Å². The van der Waals surface area contributed by atoms with Crippen LogP contribution in [0.4, 0.5) is 0 Å². The maximum absolute atomic E-state index is 6.31. The van der Waals surface area contributed by atoms with Crippen molar-refractivity contribution >= 4 is 0 Å². The third-order valence-corrected chi connectivity index (χ3v) is 5.14. The van der Waals surface area contributed by atoms with Crippen molar-refractivity contribution in [1.29, 1.82) is 0 Å². The molecular weight excluding hydrogens is 296 g/mol. The lowest BCUT2D eigenvalue weighted by Gasteiger charge is -2.47. The molecule has 0 spiro atoms. The number of hydrogen-bond donors (Lipinski definition) is 0. The lowest BCUT2D eigenvalue weighted by atomic mass is 9.69.